The van der Waals surface area contributed by atoms with Crippen molar-refractivity contribution in [3.8, 4) is 17.2 Å². The van der Waals surface area contributed by atoms with E-state index < -0.39 is 10.1 Å². The first-order valence-corrected chi connectivity index (χ1v) is 9.90. The second-order valence-electron chi connectivity index (χ2n) is 5.96. The molecular formula is C19H23KO5S. The fraction of sp³-hybridized carbons (Fsp3) is 0.368. The molecule has 2 aromatic carbocycles. The first-order valence-electron chi connectivity index (χ1n) is 8.46. The average Bonchev–Trinajstić information content (AvgIpc) is 2.57. The van der Waals surface area contributed by atoms with Crippen LogP contribution in [0.15, 0.2) is 47.4 Å². The Balaban J connectivity index is 0.00000338. The molecule has 0 aromatic heterocycles. The van der Waals surface area contributed by atoms with Crippen LogP contribution in [0.3, 0.4) is 0 Å². The topological polar surface area (TPSA) is 86.7 Å². The summed E-state index contributed by atoms with van der Waals surface area (Å²) in [5, 5.41) is 12.1. The number of rotatable bonds is 9. The first-order chi connectivity index (χ1) is 11.9. The van der Waals surface area contributed by atoms with Crippen molar-refractivity contribution in [3.05, 3.63) is 48.0 Å². The summed E-state index contributed by atoms with van der Waals surface area (Å²) in [6.45, 7) is 2.17. The SMILES string of the molecule is CCCCCCCc1cccc([O-])c1Oc1ccc(S(=O)(=O)O)cc1.[K+]. The minimum atomic E-state index is -4.25. The van der Waals surface area contributed by atoms with Gasteiger partial charge in [0.05, 0.1) is 4.90 Å². The normalized spacial score (nSPS) is 11.0. The van der Waals surface area contributed by atoms with Crippen molar-refractivity contribution in [1.82, 2.24) is 0 Å². The van der Waals surface area contributed by atoms with Gasteiger partial charge < -0.3 is 9.84 Å². The van der Waals surface area contributed by atoms with Crippen molar-refractivity contribution in [2.75, 3.05) is 0 Å². The summed E-state index contributed by atoms with van der Waals surface area (Å²) in [4.78, 5) is -0.216. The smallest absolute Gasteiger partial charge is 0.870 e. The minimum absolute atomic E-state index is 0. The zero-order chi connectivity index (χ0) is 18.3. The van der Waals surface area contributed by atoms with Gasteiger partial charge in [-0.05, 0) is 42.7 Å². The third kappa shape index (κ3) is 7.30. The van der Waals surface area contributed by atoms with Crippen LogP contribution < -0.4 is 61.2 Å². The van der Waals surface area contributed by atoms with Gasteiger partial charge in [0.15, 0.2) is 0 Å². The Hall–Kier alpha value is -0.414. The first kappa shape index (κ1) is 23.6. The number of unbranched alkanes of at least 4 members (excludes halogenated alkanes) is 4. The number of hydrogen-bond acceptors (Lipinski definition) is 4. The van der Waals surface area contributed by atoms with Crippen molar-refractivity contribution in [2.24, 2.45) is 0 Å². The molecule has 0 bridgehead atoms. The van der Waals surface area contributed by atoms with Gasteiger partial charge in [0.2, 0.25) is 0 Å². The van der Waals surface area contributed by atoms with E-state index >= 15 is 0 Å². The maximum atomic E-state index is 12.1. The molecule has 0 atom stereocenters. The molecule has 0 radical (unpaired) electrons. The summed E-state index contributed by atoms with van der Waals surface area (Å²) in [7, 11) is -4.25. The van der Waals surface area contributed by atoms with Gasteiger partial charge in [-0.3, -0.25) is 4.55 Å². The Morgan fingerprint density at radius 3 is 2.27 bits per heavy atom. The number of benzene rings is 2. The second-order valence-corrected chi connectivity index (χ2v) is 7.38. The van der Waals surface area contributed by atoms with Crippen LogP contribution >= 0.6 is 0 Å². The van der Waals surface area contributed by atoms with Crippen LogP contribution in [0.4, 0.5) is 0 Å². The molecule has 5 nitrogen and oxygen atoms in total. The van der Waals surface area contributed by atoms with E-state index in [4.69, 9.17) is 9.29 Å². The van der Waals surface area contributed by atoms with Gasteiger partial charge in [-0.15, -0.1) is 0 Å². The van der Waals surface area contributed by atoms with Gasteiger partial charge in [-0.2, -0.15) is 8.42 Å². The monoisotopic (exact) mass is 402 g/mol. The maximum absolute atomic E-state index is 12.1. The van der Waals surface area contributed by atoms with Gasteiger partial charge in [0.25, 0.3) is 10.1 Å². The molecule has 0 aliphatic heterocycles. The molecule has 0 heterocycles. The molecule has 136 valence electrons. The zero-order valence-electron chi connectivity index (χ0n) is 15.3. The quantitative estimate of drug-likeness (QED) is 0.388. The van der Waals surface area contributed by atoms with Crippen molar-refractivity contribution in [2.45, 2.75) is 50.3 Å². The zero-order valence-corrected chi connectivity index (χ0v) is 19.2. The van der Waals surface area contributed by atoms with Crippen LogP contribution in [0.2, 0.25) is 0 Å². The molecule has 26 heavy (non-hydrogen) atoms. The Morgan fingerprint density at radius 2 is 1.65 bits per heavy atom. The van der Waals surface area contributed by atoms with Gasteiger partial charge in [0.1, 0.15) is 11.5 Å². The third-order valence-electron chi connectivity index (χ3n) is 3.95. The predicted octanol–water partition coefficient (Wildman–Crippen LogP) is 1.32. The van der Waals surface area contributed by atoms with Crippen LogP contribution in [0.25, 0.3) is 0 Å². The van der Waals surface area contributed by atoms with E-state index in [2.05, 4.69) is 6.92 Å². The summed E-state index contributed by atoms with van der Waals surface area (Å²) < 4.78 is 36.8. The Morgan fingerprint density at radius 1 is 1.00 bits per heavy atom. The van der Waals surface area contributed by atoms with E-state index in [1.807, 2.05) is 6.07 Å². The number of ether oxygens (including phenoxy) is 1. The molecular weight excluding hydrogens is 379 g/mol. The molecule has 0 saturated heterocycles. The van der Waals surface area contributed by atoms with E-state index in [0.717, 1.165) is 24.8 Å². The van der Waals surface area contributed by atoms with Crippen molar-refractivity contribution in [1.29, 1.82) is 0 Å². The van der Waals surface area contributed by atoms with Gasteiger partial charge in [-0.1, -0.05) is 56.6 Å². The number of aryl methyl sites for hydroxylation is 1. The van der Waals surface area contributed by atoms with E-state index in [9.17, 15) is 13.5 Å². The molecule has 0 saturated carbocycles. The van der Waals surface area contributed by atoms with Gasteiger partial charge >= 0.3 is 51.4 Å². The maximum Gasteiger partial charge on any atom is 1.00 e. The Labute approximate surface area is 198 Å². The van der Waals surface area contributed by atoms with E-state index in [-0.39, 0.29) is 67.8 Å². The Bertz CT molecular complexity index is 788. The second kappa shape index (κ2) is 11.4. The Kier molecular flexibility index (Phi) is 10.4. The standard InChI is InChI=1S/C19H24O5S.K/c1-2-3-4-5-6-8-15-9-7-10-18(20)19(15)24-16-11-13-17(14-12-16)25(21,22)23;/h7,9-14,20H,2-6,8H2,1H3,(H,21,22,23);/q;+1/p-1. The third-order valence-corrected chi connectivity index (χ3v) is 4.82. The van der Waals surface area contributed by atoms with E-state index in [0.29, 0.717) is 5.75 Å². The van der Waals surface area contributed by atoms with Crippen molar-refractivity contribution < 1.29 is 74.2 Å². The summed E-state index contributed by atoms with van der Waals surface area (Å²) in [6.07, 6.45) is 6.44. The van der Waals surface area contributed by atoms with Crippen LogP contribution in [0.5, 0.6) is 17.2 Å². The molecule has 0 amide bonds. The molecule has 0 aliphatic carbocycles. The number of hydrogen-bond donors (Lipinski definition) is 1. The van der Waals surface area contributed by atoms with Gasteiger partial charge in [0, 0.05) is 0 Å². The molecule has 1 N–H and O–H groups in total. The molecule has 2 aromatic rings. The van der Waals surface area contributed by atoms with Crippen LogP contribution in [0.1, 0.15) is 44.6 Å². The molecule has 0 fully saturated rings. The summed E-state index contributed by atoms with van der Waals surface area (Å²) >= 11 is 0. The molecule has 0 unspecified atom stereocenters. The van der Waals surface area contributed by atoms with Crippen molar-refractivity contribution in [3.63, 3.8) is 0 Å². The summed E-state index contributed by atoms with van der Waals surface area (Å²) in [6, 6.07) is 10.4. The molecule has 2 rings (SSSR count). The minimum Gasteiger partial charge on any atom is -0.870 e. The van der Waals surface area contributed by atoms with E-state index in [1.165, 1.54) is 49.6 Å². The fourth-order valence-corrected chi connectivity index (χ4v) is 3.07. The number of para-hydroxylation sites is 1. The van der Waals surface area contributed by atoms with Crippen LogP contribution in [0, 0.1) is 0 Å². The summed E-state index contributed by atoms with van der Waals surface area (Å²) in [5.74, 6) is 0.422. The molecule has 0 aliphatic rings. The largest absolute Gasteiger partial charge is 1.00 e. The van der Waals surface area contributed by atoms with Crippen molar-refractivity contribution >= 4 is 10.1 Å². The molecule has 7 heteroatoms. The average molecular weight is 403 g/mol. The predicted molar refractivity (Wildman–Crippen MR) is 94.7 cm³/mol. The molecule has 0 spiro atoms. The van der Waals surface area contributed by atoms with E-state index in [1.54, 1.807) is 6.07 Å². The van der Waals surface area contributed by atoms with Crippen LogP contribution in [-0.4, -0.2) is 13.0 Å². The van der Waals surface area contributed by atoms with Gasteiger partial charge in [-0.25, -0.2) is 0 Å². The van der Waals surface area contributed by atoms with Crippen LogP contribution in [-0.2, 0) is 16.5 Å². The summed E-state index contributed by atoms with van der Waals surface area (Å²) in [5.41, 5.74) is 0.850. The fourth-order valence-electron chi connectivity index (χ4n) is 2.59.